The number of pyridine rings is 1. The highest BCUT2D eigenvalue weighted by Gasteiger charge is 2.33. The molecule has 31 heavy (non-hydrogen) atoms. The first-order chi connectivity index (χ1) is 15.0. The fourth-order valence-electron chi connectivity index (χ4n) is 3.98. The van der Waals surface area contributed by atoms with E-state index in [0.717, 1.165) is 24.3 Å². The third-order valence-corrected chi connectivity index (χ3v) is 5.97. The quantitative estimate of drug-likeness (QED) is 0.478. The van der Waals surface area contributed by atoms with Crippen LogP contribution >= 0.6 is 11.6 Å². The van der Waals surface area contributed by atoms with Crippen LogP contribution in [0.5, 0.6) is 5.75 Å². The highest BCUT2D eigenvalue weighted by atomic mass is 35.5. The van der Waals surface area contributed by atoms with Crippen LogP contribution in [-0.4, -0.2) is 53.6 Å². The number of hydrogen-bond donors (Lipinski definition) is 1. The van der Waals surface area contributed by atoms with E-state index in [4.69, 9.17) is 16.3 Å². The lowest BCUT2D eigenvalue weighted by Gasteiger charge is -2.29. The van der Waals surface area contributed by atoms with Gasteiger partial charge >= 0.3 is 5.91 Å². The zero-order valence-electron chi connectivity index (χ0n) is 17.4. The first-order valence-electron chi connectivity index (χ1n) is 10.3. The van der Waals surface area contributed by atoms with Crippen LogP contribution in [0.2, 0.25) is 5.02 Å². The van der Waals surface area contributed by atoms with Gasteiger partial charge in [-0.2, -0.15) is 4.58 Å². The summed E-state index contributed by atoms with van der Waals surface area (Å²) in [5, 5.41) is 12.2. The van der Waals surface area contributed by atoms with Gasteiger partial charge in [0, 0.05) is 35.9 Å². The molecule has 1 atom stereocenters. The van der Waals surface area contributed by atoms with Crippen molar-refractivity contribution in [2.24, 2.45) is 0 Å². The van der Waals surface area contributed by atoms with Gasteiger partial charge in [-0.05, 0) is 42.5 Å². The van der Waals surface area contributed by atoms with Crippen LogP contribution in [0.1, 0.15) is 30.5 Å². The maximum atomic E-state index is 12.6. The summed E-state index contributed by atoms with van der Waals surface area (Å²) < 4.78 is 6.84. The van der Waals surface area contributed by atoms with Gasteiger partial charge in [0.2, 0.25) is 6.04 Å². The summed E-state index contributed by atoms with van der Waals surface area (Å²) in [5.74, 6) is -0.140. The first kappa shape index (κ1) is 21.3. The van der Waals surface area contributed by atoms with Crippen molar-refractivity contribution >= 4 is 40.8 Å². The Morgan fingerprint density at radius 1 is 1.29 bits per heavy atom. The number of anilines is 1. The number of phenols is 1. The third-order valence-electron chi connectivity index (χ3n) is 5.66. The molecule has 1 amide bonds. The summed E-state index contributed by atoms with van der Waals surface area (Å²) >= 11 is 6.52. The molecule has 3 aromatic rings. The summed E-state index contributed by atoms with van der Waals surface area (Å²) in [6.07, 6.45) is 1.90. The van der Waals surface area contributed by atoms with Crippen LogP contribution in [0.15, 0.2) is 48.7 Å². The number of aromatic nitrogens is 1. The molecule has 2 heterocycles. The van der Waals surface area contributed by atoms with E-state index in [1.54, 1.807) is 31.3 Å². The molecule has 0 bridgehead atoms. The zero-order chi connectivity index (χ0) is 22.0. The average Bonchev–Trinajstić information content (AvgIpc) is 2.82. The smallest absolute Gasteiger partial charge is 0.386 e. The molecule has 0 aliphatic carbocycles. The normalized spacial score (nSPS) is 15.1. The molecule has 1 unspecified atom stereocenters. The van der Waals surface area contributed by atoms with Crippen molar-refractivity contribution in [2.45, 2.75) is 19.4 Å². The van der Waals surface area contributed by atoms with Crippen LogP contribution in [0.3, 0.4) is 0 Å². The number of benzene rings is 2. The number of ether oxygens (including phenoxy) is 1. The van der Waals surface area contributed by atoms with Gasteiger partial charge in [-0.15, -0.1) is 0 Å². The molecule has 4 rings (SSSR count). The number of phenolic OH excluding ortho intramolecular Hbond substituents is 1. The van der Waals surface area contributed by atoms with Gasteiger partial charge < -0.3 is 14.7 Å². The number of amides is 1. The minimum absolute atomic E-state index is 0.000177. The average molecular weight is 439 g/mol. The largest absolute Gasteiger partial charge is 0.505 e. The maximum Gasteiger partial charge on any atom is 0.386 e. The lowest BCUT2D eigenvalue weighted by molar-refractivity contribution is -0.476. The first-order valence-corrected chi connectivity index (χ1v) is 10.7. The number of hydrogen-bond acceptors (Lipinski definition) is 5. The lowest BCUT2D eigenvalue weighted by Crippen LogP contribution is -2.36. The van der Waals surface area contributed by atoms with Gasteiger partial charge in [-0.25, -0.2) is 4.79 Å². The zero-order valence-corrected chi connectivity index (χ0v) is 18.2. The Hall–Kier alpha value is -2.96. The molecule has 1 fully saturated rings. The minimum Gasteiger partial charge on any atom is -0.505 e. The standard InChI is InChI=1S/C24H24ClN3O3/c1-3-21(29)27(2)23(16-6-8-17(9-7-16)28-11-13-31-14-12-28)19-15-20(25)18-5-4-10-26-22(18)24(19)30/h4-10,15,23H,2-3,11-14H2,1H3/p+1. The number of nitrogens with zero attached hydrogens (tertiary/aromatic N) is 3. The van der Waals surface area contributed by atoms with E-state index in [-0.39, 0.29) is 11.7 Å². The predicted molar refractivity (Wildman–Crippen MR) is 122 cm³/mol. The van der Waals surface area contributed by atoms with E-state index in [1.165, 1.54) is 4.58 Å². The maximum absolute atomic E-state index is 12.6. The molecule has 0 saturated carbocycles. The fourth-order valence-corrected chi connectivity index (χ4v) is 4.25. The number of halogens is 1. The predicted octanol–water partition coefficient (Wildman–Crippen LogP) is 4.17. The number of rotatable bonds is 5. The molecule has 0 radical (unpaired) electrons. The van der Waals surface area contributed by atoms with Gasteiger partial charge in [-0.3, -0.25) is 4.98 Å². The Labute approximate surface area is 186 Å². The summed E-state index contributed by atoms with van der Waals surface area (Å²) in [6.45, 7) is 8.88. The Bertz CT molecular complexity index is 1120. The van der Waals surface area contributed by atoms with Crippen molar-refractivity contribution < 1.29 is 19.2 Å². The summed E-state index contributed by atoms with van der Waals surface area (Å²) in [6, 6.07) is 12.6. The van der Waals surface area contributed by atoms with E-state index < -0.39 is 6.04 Å². The van der Waals surface area contributed by atoms with E-state index in [9.17, 15) is 9.90 Å². The molecule has 160 valence electrons. The Balaban J connectivity index is 1.80. The molecule has 2 aromatic carbocycles. The van der Waals surface area contributed by atoms with Crippen molar-refractivity contribution in [3.05, 3.63) is 64.8 Å². The molecular weight excluding hydrogens is 414 g/mol. The second-order valence-corrected chi connectivity index (χ2v) is 7.91. The van der Waals surface area contributed by atoms with Gasteiger partial charge in [0.15, 0.2) is 5.75 Å². The number of morpholine rings is 1. The van der Waals surface area contributed by atoms with Crippen molar-refractivity contribution in [2.75, 3.05) is 31.2 Å². The monoisotopic (exact) mass is 438 g/mol. The Morgan fingerprint density at radius 3 is 2.68 bits per heavy atom. The second kappa shape index (κ2) is 9.04. The molecule has 1 aliphatic rings. The highest BCUT2D eigenvalue weighted by Crippen LogP contribution is 2.40. The van der Waals surface area contributed by atoms with Crippen LogP contribution in [0.25, 0.3) is 10.9 Å². The minimum atomic E-state index is -0.602. The van der Waals surface area contributed by atoms with Crippen molar-refractivity contribution in [1.29, 1.82) is 0 Å². The fraction of sp³-hybridized carbons (Fsp3) is 0.292. The highest BCUT2D eigenvalue weighted by molar-refractivity contribution is 6.35. The topological polar surface area (TPSA) is 65.7 Å². The Morgan fingerprint density at radius 2 is 2.00 bits per heavy atom. The SMILES string of the molecule is C=[N+](C(=O)CC)C(c1ccc(N2CCOCC2)cc1)c1cc(Cl)c2cccnc2c1O. The summed E-state index contributed by atoms with van der Waals surface area (Å²) in [4.78, 5) is 19.1. The summed E-state index contributed by atoms with van der Waals surface area (Å²) in [5.41, 5.74) is 2.81. The van der Waals surface area contributed by atoms with E-state index in [2.05, 4.69) is 16.6 Å². The number of aromatic hydroxyl groups is 1. The van der Waals surface area contributed by atoms with Gasteiger partial charge in [0.1, 0.15) is 12.2 Å². The van der Waals surface area contributed by atoms with Crippen LogP contribution in [0, 0.1) is 0 Å². The van der Waals surface area contributed by atoms with Crippen LogP contribution in [-0.2, 0) is 9.53 Å². The van der Waals surface area contributed by atoms with E-state index in [0.29, 0.717) is 41.1 Å². The second-order valence-electron chi connectivity index (χ2n) is 7.51. The molecule has 1 saturated heterocycles. The van der Waals surface area contributed by atoms with Crippen molar-refractivity contribution in [3.8, 4) is 5.75 Å². The number of carbonyl (C=O) groups excluding carboxylic acids is 1. The molecule has 1 aromatic heterocycles. The molecule has 1 aliphatic heterocycles. The van der Waals surface area contributed by atoms with Gasteiger partial charge in [0.05, 0.1) is 30.2 Å². The summed E-state index contributed by atoms with van der Waals surface area (Å²) in [7, 11) is 0. The van der Waals surface area contributed by atoms with Crippen molar-refractivity contribution in [3.63, 3.8) is 0 Å². The molecular formula is C24H25ClN3O3+. The molecule has 0 spiro atoms. The number of fused-ring (bicyclic) bond motifs is 1. The van der Waals surface area contributed by atoms with Crippen LogP contribution in [0.4, 0.5) is 5.69 Å². The third kappa shape index (κ3) is 4.13. The van der Waals surface area contributed by atoms with Gasteiger partial charge in [0.25, 0.3) is 0 Å². The molecule has 7 heteroatoms. The lowest BCUT2D eigenvalue weighted by atomic mass is 9.95. The Kier molecular flexibility index (Phi) is 6.20. The molecule has 6 nitrogen and oxygen atoms in total. The van der Waals surface area contributed by atoms with Gasteiger partial charge in [-0.1, -0.05) is 18.5 Å². The number of carbonyl (C=O) groups is 1. The van der Waals surface area contributed by atoms with E-state index >= 15 is 0 Å². The van der Waals surface area contributed by atoms with Crippen LogP contribution < -0.4 is 4.90 Å². The van der Waals surface area contributed by atoms with Crippen molar-refractivity contribution in [1.82, 2.24) is 4.98 Å². The van der Waals surface area contributed by atoms with E-state index in [1.807, 2.05) is 24.3 Å². The molecule has 1 N–H and O–H groups in total.